The van der Waals surface area contributed by atoms with Crippen molar-refractivity contribution in [3.05, 3.63) is 58.4 Å². The van der Waals surface area contributed by atoms with Crippen LogP contribution < -0.4 is 10.2 Å². The molecule has 4 rings (SSSR count). The van der Waals surface area contributed by atoms with Gasteiger partial charge in [-0.3, -0.25) is 25.0 Å². The highest BCUT2D eigenvalue weighted by Gasteiger charge is 2.42. The van der Waals surface area contributed by atoms with Crippen LogP contribution in [0.15, 0.2) is 47.7 Å². The number of aromatic nitrogens is 2. The van der Waals surface area contributed by atoms with E-state index < -0.39 is 28.8 Å². The molecule has 0 radical (unpaired) electrons. The lowest BCUT2D eigenvalue weighted by Gasteiger charge is -2.38. The molecule has 12 nitrogen and oxygen atoms in total. The summed E-state index contributed by atoms with van der Waals surface area (Å²) in [6.45, 7) is 4.16. The largest absolute Gasteiger partial charge is 0.465 e. The van der Waals surface area contributed by atoms with E-state index in [9.17, 15) is 19.7 Å². The van der Waals surface area contributed by atoms with Crippen LogP contribution in [0.2, 0.25) is 0 Å². The van der Waals surface area contributed by atoms with E-state index in [0.29, 0.717) is 43.7 Å². The van der Waals surface area contributed by atoms with E-state index in [0.717, 1.165) is 0 Å². The van der Waals surface area contributed by atoms with E-state index in [4.69, 9.17) is 4.74 Å². The average molecular weight is 453 g/mol. The lowest BCUT2D eigenvalue weighted by molar-refractivity contribution is -0.384. The fourth-order valence-corrected chi connectivity index (χ4v) is 3.83. The van der Waals surface area contributed by atoms with Crippen molar-refractivity contribution < 1.29 is 19.2 Å². The molecule has 0 saturated carbocycles. The molecule has 2 atom stereocenters. The van der Waals surface area contributed by atoms with Gasteiger partial charge in [0.25, 0.3) is 5.69 Å². The molecule has 1 saturated heterocycles. The van der Waals surface area contributed by atoms with Gasteiger partial charge in [-0.2, -0.15) is 0 Å². The molecule has 12 heteroatoms. The van der Waals surface area contributed by atoms with Gasteiger partial charge in [0.2, 0.25) is 17.8 Å². The van der Waals surface area contributed by atoms with Gasteiger partial charge < -0.3 is 14.5 Å². The molecule has 2 unspecified atom stereocenters. The number of esters is 1. The van der Waals surface area contributed by atoms with Gasteiger partial charge in [-0.15, -0.1) is 0 Å². The summed E-state index contributed by atoms with van der Waals surface area (Å²) in [5.41, 5.74) is 0.428. The Balaban J connectivity index is 1.58. The quantitative estimate of drug-likeness (QED) is 0.302. The third kappa shape index (κ3) is 4.73. The first-order valence-electron chi connectivity index (χ1n) is 10.5. The third-order valence-corrected chi connectivity index (χ3v) is 5.49. The molecular formula is C21H23N7O5. The number of hydrogen-bond acceptors (Lipinski definition) is 10. The zero-order valence-electron chi connectivity index (χ0n) is 18.0. The van der Waals surface area contributed by atoms with Gasteiger partial charge in [0.1, 0.15) is 6.04 Å². The van der Waals surface area contributed by atoms with Crippen LogP contribution in [0.3, 0.4) is 0 Å². The minimum absolute atomic E-state index is 0.0878. The summed E-state index contributed by atoms with van der Waals surface area (Å²) in [5.74, 6) is -1.40. The summed E-state index contributed by atoms with van der Waals surface area (Å²) < 4.78 is 5.10. The van der Waals surface area contributed by atoms with Crippen molar-refractivity contribution in [2.24, 2.45) is 10.9 Å². The van der Waals surface area contributed by atoms with Crippen LogP contribution in [0.5, 0.6) is 0 Å². The number of carbonyl (C=O) groups excluding carboxylic acids is 2. The van der Waals surface area contributed by atoms with E-state index in [2.05, 4.69) is 20.3 Å². The second kappa shape index (κ2) is 9.59. The Kier molecular flexibility index (Phi) is 6.43. The molecule has 1 amide bonds. The Morgan fingerprint density at radius 3 is 2.39 bits per heavy atom. The normalized spacial score (nSPS) is 20.6. The molecule has 1 aromatic carbocycles. The van der Waals surface area contributed by atoms with Gasteiger partial charge in [-0.1, -0.05) is 12.1 Å². The summed E-state index contributed by atoms with van der Waals surface area (Å²) in [7, 11) is 0. The Bertz CT molecular complexity index is 1050. The molecule has 1 N–H and O–H groups in total. The minimum atomic E-state index is -1.19. The third-order valence-electron chi connectivity index (χ3n) is 5.49. The van der Waals surface area contributed by atoms with Crippen LogP contribution in [0.25, 0.3) is 0 Å². The molecule has 33 heavy (non-hydrogen) atoms. The van der Waals surface area contributed by atoms with Crippen LogP contribution in [0, 0.1) is 16.0 Å². The lowest BCUT2D eigenvalue weighted by atomic mass is 9.91. The van der Waals surface area contributed by atoms with Crippen molar-refractivity contribution in [1.29, 1.82) is 0 Å². The Hall–Kier alpha value is -4.09. The number of piperazine rings is 1. The molecular weight excluding hydrogens is 430 g/mol. The molecule has 172 valence electrons. The summed E-state index contributed by atoms with van der Waals surface area (Å²) in [5, 5.41) is 13.7. The first-order chi connectivity index (χ1) is 16.0. The maximum Gasteiger partial charge on any atom is 0.321 e. The Morgan fingerprint density at radius 1 is 1.15 bits per heavy atom. The molecule has 0 aliphatic carbocycles. The van der Waals surface area contributed by atoms with E-state index in [1.807, 2.05) is 9.80 Å². The summed E-state index contributed by atoms with van der Waals surface area (Å²) in [4.78, 5) is 53.2. The first kappa shape index (κ1) is 22.1. The number of benzene rings is 1. The molecule has 0 bridgehead atoms. The maximum absolute atomic E-state index is 13.0. The lowest BCUT2D eigenvalue weighted by Crippen LogP contribution is -2.57. The highest BCUT2D eigenvalue weighted by Crippen LogP contribution is 2.32. The van der Waals surface area contributed by atoms with Gasteiger partial charge in [-0.25, -0.2) is 15.0 Å². The molecule has 2 aliphatic rings. The van der Waals surface area contributed by atoms with Crippen molar-refractivity contribution in [2.75, 3.05) is 37.7 Å². The minimum Gasteiger partial charge on any atom is -0.465 e. The van der Waals surface area contributed by atoms with Gasteiger partial charge in [-0.05, 0) is 18.6 Å². The topological polar surface area (TPSA) is 143 Å². The summed E-state index contributed by atoms with van der Waals surface area (Å²) >= 11 is 0. The number of hydrogen-bond donors (Lipinski definition) is 1. The molecule has 2 aliphatic heterocycles. The first-order valence-corrected chi connectivity index (χ1v) is 10.5. The fraction of sp³-hybridized carbons (Fsp3) is 0.381. The van der Waals surface area contributed by atoms with Crippen molar-refractivity contribution >= 4 is 29.5 Å². The number of rotatable bonds is 5. The number of carbonyl (C=O) groups is 2. The van der Waals surface area contributed by atoms with Crippen LogP contribution in [0.1, 0.15) is 18.5 Å². The standard InChI is InChI=1S/C21H23N7O5/c1-2-33-19(30)16-17(14-4-6-15(7-5-14)28(31)32)24-21(25-18(16)29)27-12-10-26(11-13-27)20-22-8-3-9-23-20/h3-9,16-17H,2,10-13H2,1H3,(H,24,25,29). The van der Waals surface area contributed by atoms with Crippen molar-refractivity contribution in [2.45, 2.75) is 13.0 Å². The predicted octanol–water partition coefficient (Wildman–Crippen LogP) is 0.913. The van der Waals surface area contributed by atoms with E-state index in [1.165, 1.54) is 24.3 Å². The van der Waals surface area contributed by atoms with E-state index >= 15 is 0 Å². The average Bonchev–Trinajstić information content (AvgIpc) is 2.84. The van der Waals surface area contributed by atoms with Crippen LogP contribution in [-0.2, 0) is 14.3 Å². The molecule has 1 aromatic heterocycles. The van der Waals surface area contributed by atoms with Gasteiger partial charge in [0, 0.05) is 50.7 Å². The second-order valence-electron chi connectivity index (χ2n) is 7.49. The summed E-state index contributed by atoms with van der Waals surface area (Å²) in [6.07, 6.45) is 3.37. The van der Waals surface area contributed by atoms with E-state index in [1.54, 1.807) is 25.4 Å². The number of nitro benzene ring substituents is 1. The summed E-state index contributed by atoms with van der Waals surface area (Å²) in [6, 6.07) is 6.59. The number of nitro groups is 1. The number of nitrogens with one attached hydrogen (secondary N) is 1. The number of ether oxygens (including phenoxy) is 1. The number of amides is 1. The smallest absolute Gasteiger partial charge is 0.321 e. The van der Waals surface area contributed by atoms with Crippen molar-refractivity contribution in [3.63, 3.8) is 0 Å². The van der Waals surface area contributed by atoms with Crippen LogP contribution >= 0.6 is 0 Å². The fourth-order valence-electron chi connectivity index (χ4n) is 3.83. The monoisotopic (exact) mass is 453 g/mol. The van der Waals surface area contributed by atoms with Crippen molar-refractivity contribution in [1.82, 2.24) is 20.2 Å². The zero-order chi connectivity index (χ0) is 23.4. The number of aliphatic imine (C=N–C) groups is 1. The van der Waals surface area contributed by atoms with Gasteiger partial charge in [0.05, 0.1) is 11.5 Å². The SMILES string of the molecule is CCOC(=O)C1C(=O)NC(N2CCN(c3ncccn3)CC2)=NC1c1ccc([N+](=O)[O-])cc1. The molecule has 2 aromatic rings. The highest BCUT2D eigenvalue weighted by molar-refractivity contribution is 6.08. The second-order valence-corrected chi connectivity index (χ2v) is 7.49. The Labute approximate surface area is 189 Å². The Morgan fingerprint density at radius 2 is 1.79 bits per heavy atom. The molecule has 3 heterocycles. The number of nitrogens with zero attached hydrogens (tertiary/aromatic N) is 6. The molecule has 1 fully saturated rings. The number of non-ortho nitro benzene ring substituents is 1. The van der Waals surface area contributed by atoms with Gasteiger partial charge >= 0.3 is 5.97 Å². The van der Waals surface area contributed by atoms with Crippen LogP contribution in [-0.4, -0.2) is 70.4 Å². The predicted molar refractivity (Wildman–Crippen MR) is 117 cm³/mol. The number of guanidine groups is 1. The van der Waals surface area contributed by atoms with Crippen molar-refractivity contribution in [3.8, 4) is 0 Å². The van der Waals surface area contributed by atoms with E-state index in [-0.39, 0.29) is 12.3 Å². The zero-order valence-corrected chi connectivity index (χ0v) is 18.0. The number of anilines is 1. The molecule has 0 spiro atoms. The highest BCUT2D eigenvalue weighted by atomic mass is 16.6. The van der Waals surface area contributed by atoms with Crippen LogP contribution in [0.4, 0.5) is 11.6 Å². The maximum atomic E-state index is 13.0. The van der Waals surface area contributed by atoms with Gasteiger partial charge in [0.15, 0.2) is 5.92 Å².